The zero-order valence-electron chi connectivity index (χ0n) is 14.2. The number of rotatable bonds is 7. The predicted octanol–water partition coefficient (Wildman–Crippen LogP) is 3.62. The number of hydrogen-bond donors (Lipinski definition) is 4. The van der Waals surface area contributed by atoms with Gasteiger partial charge < -0.3 is 21.3 Å². The molecule has 0 saturated heterocycles. The molecule has 0 saturated carbocycles. The molecule has 0 radical (unpaired) electrons. The number of para-hydroxylation sites is 2. The number of carbonyl (C=O) groups is 1. The lowest BCUT2D eigenvalue weighted by Crippen LogP contribution is -2.10. The third-order valence-electron chi connectivity index (χ3n) is 4.05. The molecule has 0 spiro atoms. The number of allylic oxidation sites excluding steroid dienone is 1. The topological polar surface area (TPSA) is 95.6 Å². The Morgan fingerprint density at radius 2 is 1.88 bits per heavy atom. The second kappa shape index (κ2) is 8.89. The number of nitrogens with two attached hydrogens (primary N) is 1. The van der Waals surface area contributed by atoms with Crippen LogP contribution in [0.2, 0.25) is 0 Å². The largest absolute Gasteiger partial charge is 0.508 e. The fourth-order valence-corrected chi connectivity index (χ4v) is 2.49. The van der Waals surface area contributed by atoms with Crippen molar-refractivity contribution in [1.29, 1.82) is 0 Å². The molecule has 0 unspecified atom stereocenters. The highest BCUT2D eigenvalue weighted by molar-refractivity contribution is 6.01. The second-order valence-corrected chi connectivity index (χ2v) is 6.07. The maximum Gasteiger partial charge on any atom is 0.248 e. The van der Waals surface area contributed by atoms with Gasteiger partial charge in [0.1, 0.15) is 5.75 Å². The number of nitrogen functional groups attached to an aromatic ring is 1. The molecule has 132 valence electrons. The number of phenols is 1. The van der Waals surface area contributed by atoms with E-state index in [1.54, 1.807) is 42.5 Å². The molecule has 5 nitrogen and oxygen atoms in total. The molecule has 5 heteroatoms. The molecule has 2 rings (SSSR count). The van der Waals surface area contributed by atoms with E-state index in [1.807, 2.05) is 19.1 Å². The Balaban J connectivity index is 1.79. The number of aliphatic hydroxyl groups is 1. The van der Waals surface area contributed by atoms with E-state index < -0.39 is 6.10 Å². The quantitative estimate of drug-likeness (QED) is 0.457. The van der Waals surface area contributed by atoms with Gasteiger partial charge in [-0.3, -0.25) is 4.79 Å². The summed E-state index contributed by atoms with van der Waals surface area (Å²) in [6.45, 7) is 1.95. The minimum atomic E-state index is -0.605. The molecule has 0 aliphatic heterocycles. The zero-order valence-corrected chi connectivity index (χ0v) is 14.2. The van der Waals surface area contributed by atoms with Crippen LogP contribution in [0.3, 0.4) is 0 Å². The van der Waals surface area contributed by atoms with E-state index in [-0.39, 0.29) is 17.6 Å². The summed E-state index contributed by atoms with van der Waals surface area (Å²) in [5.74, 6) is -0.0248. The van der Waals surface area contributed by atoms with Crippen molar-refractivity contribution in [3.05, 3.63) is 66.2 Å². The van der Waals surface area contributed by atoms with Gasteiger partial charge in [0.25, 0.3) is 0 Å². The number of aromatic hydroxyl groups is 1. The van der Waals surface area contributed by atoms with Gasteiger partial charge in [-0.2, -0.15) is 0 Å². The molecule has 0 bridgehead atoms. The van der Waals surface area contributed by atoms with Crippen molar-refractivity contribution in [2.45, 2.75) is 25.9 Å². The van der Waals surface area contributed by atoms with Crippen LogP contribution in [0.1, 0.15) is 31.4 Å². The van der Waals surface area contributed by atoms with E-state index in [2.05, 4.69) is 5.32 Å². The van der Waals surface area contributed by atoms with Crippen molar-refractivity contribution in [3.8, 4) is 5.75 Å². The molecule has 0 aromatic heterocycles. The highest BCUT2D eigenvalue weighted by Crippen LogP contribution is 2.26. The Kier molecular flexibility index (Phi) is 6.60. The number of amides is 1. The third kappa shape index (κ3) is 5.65. The lowest BCUT2D eigenvalue weighted by atomic mass is 9.93. The summed E-state index contributed by atoms with van der Waals surface area (Å²) in [6.07, 6.45) is 4.07. The number of nitrogens with one attached hydrogen (secondary N) is 1. The van der Waals surface area contributed by atoms with Gasteiger partial charge in [-0.05, 0) is 54.7 Å². The Morgan fingerprint density at radius 3 is 2.56 bits per heavy atom. The summed E-state index contributed by atoms with van der Waals surface area (Å²) >= 11 is 0. The Hall–Kier alpha value is -2.79. The maximum absolute atomic E-state index is 11.9. The Labute approximate surface area is 147 Å². The summed E-state index contributed by atoms with van der Waals surface area (Å²) in [7, 11) is 0. The molecule has 2 atom stereocenters. The monoisotopic (exact) mass is 340 g/mol. The van der Waals surface area contributed by atoms with Crippen molar-refractivity contribution < 1.29 is 15.0 Å². The molecule has 0 heterocycles. The smallest absolute Gasteiger partial charge is 0.248 e. The highest BCUT2D eigenvalue weighted by Gasteiger charge is 2.15. The standard InChI is InChI=1S/C20H24N2O3/c1-14(20(25)15-10-12-16(23)13-11-15)6-2-5-9-19(24)22-18-8-4-3-7-17(18)21/h3-5,7-14,20,23,25H,2,6,21H2,1H3,(H,22,24)/b9-5+/t14-,20+/m0/s1. The van der Waals surface area contributed by atoms with Gasteiger partial charge in [-0.1, -0.05) is 37.3 Å². The average molecular weight is 340 g/mol. The first kappa shape index (κ1) is 18.5. The predicted molar refractivity (Wildman–Crippen MR) is 100 cm³/mol. The second-order valence-electron chi connectivity index (χ2n) is 6.07. The van der Waals surface area contributed by atoms with Crippen molar-refractivity contribution in [2.75, 3.05) is 11.1 Å². The van der Waals surface area contributed by atoms with E-state index in [0.717, 1.165) is 12.0 Å². The third-order valence-corrected chi connectivity index (χ3v) is 4.05. The van der Waals surface area contributed by atoms with Crippen LogP contribution < -0.4 is 11.1 Å². The van der Waals surface area contributed by atoms with Gasteiger partial charge in [0, 0.05) is 0 Å². The number of phenolic OH excluding ortho intramolecular Hbond substituents is 1. The van der Waals surface area contributed by atoms with Crippen LogP contribution in [0.4, 0.5) is 11.4 Å². The molecule has 2 aromatic rings. The normalized spacial score (nSPS) is 13.5. The molecule has 25 heavy (non-hydrogen) atoms. The number of aliphatic hydroxyl groups excluding tert-OH is 1. The SMILES string of the molecule is C[C@@H](CC/C=C/C(=O)Nc1ccccc1N)[C@@H](O)c1ccc(O)cc1. The van der Waals surface area contributed by atoms with Gasteiger partial charge in [0.2, 0.25) is 5.91 Å². The number of anilines is 2. The summed E-state index contributed by atoms with van der Waals surface area (Å²) in [4.78, 5) is 11.9. The summed E-state index contributed by atoms with van der Waals surface area (Å²) in [5.41, 5.74) is 7.66. The molecule has 0 aliphatic rings. The van der Waals surface area contributed by atoms with Crippen molar-refractivity contribution >= 4 is 17.3 Å². The van der Waals surface area contributed by atoms with Gasteiger partial charge in [0.05, 0.1) is 17.5 Å². The van der Waals surface area contributed by atoms with Crippen molar-refractivity contribution in [1.82, 2.24) is 0 Å². The summed E-state index contributed by atoms with van der Waals surface area (Å²) < 4.78 is 0. The zero-order chi connectivity index (χ0) is 18.2. The fourth-order valence-electron chi connectivity index (χ4n) is 2.49. The molecule has 5 N–H and O–H groups in total. The van der Waals surface area contributed by atoms with Crippen LogP contribution in [-0.2, 0) is 4.79 Å². The molecule has 1 amide bonds. The first-order valence-electron chi connectivity index (χ1n) is 8.26. The van der Waals surface area contributed by atoms with Crippen LogP contribution in [-0.4, -0.2) is 16.1 Å². The summed E-state index contributed by atoms with van der Waals surface area (Å²) in [5, 5.41) is 22.3. The molecule has 2 aromatic carbocycles. The minimum Gasteiger partial charge on any atom is -0.508 e. The van der Waals surface area contributed by atoms with E-state index in [4.69, 9.17) is 5.73 Å². The minimum absolute atomic E-state index is 0.0296. The van der Waals surface area contributed by atoms with Gasteiger partial charge in [-0.15, -0.1) is 0 Å². The average Bonchev–Trinajstić information content (AvgIpc) is 2.60. The van der Waals surface area contributed by atoms with Crippen LogP contribution in [0.15, 0.2) is 60.7 Å². The first-order valence-corrected chi connectivity index (χ1v) is 8.26. The first-order chi connectivity index (χ1) is 12.0. The van der Waals surface area contributed by atoms with Gasteiger partial charge >= 0.3 is 0 Å². The van der Waals surface area contributed by atoms with Gasteiger partial charge in [-0.25, -0.2) is 0 Å². The fraction of sp³-hybridized carbons (Fsp3) is 0.250. The number of carbonyl (C=O) groups excluding carboxylic acids is 1. The molecule has 0 fully saturated rings. The van der Waals surface area contributed by atoms with E-state index in [0.29, 0.717) is 17.8 Å². The molecular formula is C20H24N2O3. The lowest BCUT2D eigenvalue weighted by Gasteiger charge is -2.18. The van der Waals surface area contributed by atoms with Crippen LogP contribution in [0.25, 0.3) is 0 Å². The van der Waals surface area contributed by atoms with E-state index in [9.17, 15) is 15.0 Å². The van der Waals surface area contributed by atoms with E-state index >= 15 is 0 Å². The number of hydrogen-bond acceptors (Lipinski definition) is 4. The lowest BCUT2D eigenvalue weighted by molar-refractivity contribution is -0.111. The Bertz CT molecular complexity index is 726. The molecule has 0 aliphatic carbocycles. The highest BCUT2D eigenvalue weighted by atomic mass is 16.3. The molecular weight excluding hydrogens is 316 g/mol. The maximum atomic E-state index is 11.9. The van der Waals surface area contributed by atoms with Gasteiger partial charge in [0.15, 0.2) is 0 Å². The van der Waals surface area contributed by atoms with Crippen LogP contribution >= 0.6 is 0 Å². The van der Waals surface area contributed by atoms with E-state index in [1.165, 1.54) is 6.08 Å². The summed E-state index contributed by atoms with van der Waals surface area (Å²) in [6, 6.07) is 13.6. The van der Waals surface area contributed by atoms with Crippen molar-refractivity contribution in [3.63, 3.8) is 0 Å². The number of benzene rings is 2. The van der Waals surface area contributed by atoms with Crippen molar-refractivity contribution in [2.24, 2.45) is 5.92 Å². The van der Waals surface area contributed by atoms with Crippen LogP contribution in [0.5, 0.6) is 5.75 Å². The Morgan fingerprint density at radius 1 is 1.20 bits per heavy atom. The van der Waals surface area contributed by atoms with Crippen LogP contribution in [0, 0.1) is 5.92 Å².